The number of carbonyl (C=O) groups excluding carboxylic acids is 1. The Bertz CT molecular complexity index is 1180. The number of hydrogen-bond donors (Lipinski definition) is 1. The van der Waals surface area contributed by atoms with E-state index in [0.29, 0.717) is 35.6 Å². The minimum atomic E-state index is -2.51. The molecule has 4 rings (SSSR count). The van der Waals surface area contributed by atoms with Crippen LogP contribution in [0, 0.1) is 11.3 Å². The number of halogens is 2. The maximum Gasteiger partial charge on any atom is 0.288 e. The number of carbonyl (C=O) groups is 1. The molecule has 2 aromatic carbocycles. The van der Waals surface area contributed by atoms with Gasteiger partial charge in [0.25, 0.3) is 11.7 Å². The number of rotatable bonds is 7. The first-order chi connectivity index (χ1) is 17.0. The summed E-state index contributed by atoms with van der Waals surface area (Å²) in [5, 5.41) is 12.4. The van der Waals surface area contributed by atoms with E-state index in [-0.39, 0.29) is 5.57 Å². The van der Waals surface area contributed by atoms with Crippen molar-refractivity contribution >= 4 is 29.4 Å². The van der Waals surface area contributed by atoms with E-state index in [0.717, 1.165) is 42.8 Å². The molecule has 5 nitrogen and oxygen atoms in total. The Morgan fingerprint density at radius 2 is 1.80 bits per heavy atom. The number of allylic oxidation sites excluding steroid dienone is 3. The van der Waals surface area contributed by atoms with Crippen molar-refractivity contribution in [2.45, 2.75) is 23.5 Å². The van der Waals surface area contributed by atoms with Crippen molar-refractivity contribution in [3.8, 4) is 6.07 Å². The fraction of sp³-hybridized carbons (Fsp3) is 0.259. The maximum atomic E-state index is 12.9. The van der Waals surface area contributed by atoms with Crippen LogP contribution in [0.1, 0.15) is 18.4 Å². The number of amides is 1. The minimum absolute atomic E-state index is 0.00208. The normalized spacial score (nSPS) is 17.7. The van der Waals surface area contributed by atoms with Gasteiger partial charge in [0.1, 0.15) is 11.6 Å². The number of alkyl halides is 2. The van der Waals surface area contributed by atoms with Crippen LogP contribution in [0.3, 0.4) is 0 Å². The summed E-state index contributed by atoms with van der Waals surface area (Å²) in [4.78, 5) is 15.5. The molecule has 1 fully saturated rings. The lowest BCUT2D eigenvalue weighted by atomic mass is 10.1. The second-order valence-corrected chi connectivity index (χ2v) is 9.14. The summed E-state index contributed by atoms with van der Waals surface area (Å²) < 4.78 is 30.6. The summed E-state index contributed by atoms with van der Waals surface area (Å²) in [6, 6.07) is 18.2. The fourth-order valence-electron chi connectivity index (χ4n) is 4.18. The molecule has 35 heavy (non-hydrogen) atoms. The van der Waals surface area contributed by atoms with E-state index < -0.39 is 11.7 Å². The molecule has 1 saturated heterocycles. The van der Waals surface area contributed by atoms with Gasteiger partial charge < -0.3 is 15.0 Å². The third-order valence-corrected chi connectivity index (χ3v) is 6.48. The summed E-state index contributed by atoms with van der Waals surface area (Å²) in [5.41, 5.74) is 4.72. The van der Waals surface area contributed by atoms with Crippen molar-refractivity contribution in [2.75, 3.05) is 31.6 Å². The molecule has 0 spiro atoms. The molecule has 0 bridgehead atoms. The Labute approximate surface area is 207 Å². The van der Waals surface area contributed by atoms with E-state index in [1.165, 1.54) is 17.7 Å². The SMILES string of the molecule is N#CC(=CC1=C(N2CCOCC2)C(=Cc2ccccc2)CC1)C(=O)Nc1ccc(SC(F)F)cc1. The van der Waals surface area contributed by atoms with Crippen molar-refractivity contribution in [3.05, 3.63) is 88.7 Å². The fourth-order valence-corrected chi connectivity index (χ4v) is 4.68. The predicted octanol–water partition coefficient (Wildman–Crippen LogP) is 5.85. The van der Waals surface area contributed by atoms with Crippen molar-refractivity contribution < 1.29 is 18.3 Å². The van der Waals surface area contributed by atoms with Gasteiger partial charge in [-0.15, -0.1) is 0 Å². The monoisotopic (exact) mass is 493 g/mol. The van der Waals surface area contributed by atoms with Gasteiger partial charge in [0.15, 0.2) is 0 Å². The zero-order chi connectivity index (χ0) is 24.6. The summed E-state index contributed by atoms with van der Waals surface area (Å²) >= 11 is 0.438. The molecule has 1 amide bonds. The van der Waals surface area contributed by atoms with E-state index >= 15 is 0 Å². The summed E-state index contributed by atoms with van der Waals surface area (Å²) in [6.07, 6.45) is 5.38. The molecule has 2 aromatic rings. The molecule has 0 unspecified atom stereocenters. The number of anilines is 1. The van der Waals surface area contributed by atoms with E-state index in [1.807, 2.05) is 24.3 Å². The van der Waals surface area contributed by atoms with Crippen molar-refractivity contribution in [3.63, 3.8) is 0 Å². The molecular weight excluding hydrogens is 468 g/mol. The van der Waals surface area contributed by atoms with Crippen molar-refractivity contribution in [2.24, 2.45) is 0 Å². The van der Waals surface area contributed by atoms with Crippen LogP contribution in [0.2, 0.25) is 0 Å². The van der Waals surface area contributed by atoms with Crippen LogP contribution in [0.25, 0.3) is 6.08 Å². The van der Waals surface area contributed by atoms with Crippen LogP contribution in [0.15, 0.2) is 88.0 Å². The average Bonchev–Trinajstić information content (AvgIpc) is 3.26. The molecule has 1 heterocycles. The molecule has 1 aliphatic heterocycles. The number of hydrogen-bond acceptors (Lipinski definition) is 5. The van der Waals surface area contributed by atoms with Gasteiger partial charge in [-0.2, -0.15) is 14.0 Å². The molecule has 0 saturated carbocycles. The topological polar surface area (TPSA) is 65.4 Å². The number of benzene rings is 2. The highest BCUT2D eigenvalue weighted by molar-refractivity contribution is 7.99. The van der Waals surface area contributed by atoms with Gasteiger partial charge in [-0.1, -0.05) is 42.1 Å². The van der Waals surface area contributed by atoms with E-state index in [1.54, 1.807) is 18.2 Å². The Hall–Kier alpha value is -3.41. The highest BCUT2D eigenvalue weighted by atomic mass is 32.2. The van der Waals surface area contributed by atoms with Crippen molar-refractivity contribution in [1.82, 2.24) is 4.90 Å². The zero-order valence-electron chi connectivity index (χ0n) is 19.0. The predicted molar refractivity (Wildman–Crippen MR) is 134 cm³/mol. The first-order valence-corrected chi connectivity index (χ1v) is 12.2. The van der Waals surface area contributed by atoms with Gasteiger partial charge in [-0.3, -0.25) is 4.79 Å². The largest absolute Gasteiger partial charge is 0.378 e. The van der Waals surface area contributed by atoms with Crippen LogP contribution in [0.4, 0.5) is 14.5 Å². The third-order valence-electron chi connectivity index (χ3n) is 5.76. The zero-order valence-corrected chi connectivity index (χ0v) is 19.9. The Morgan fingerprint density at radius 1 is 1.09 bits per heavy atom. The number of nitrogens with one attached hydrogen (secondary N) is 1. The quantitative estimate of drug-likeness (QED) is 0.298. The summed E-state index contributed by atoms with van der Waals surface area (Å²) in [5.74, 6) is -3.04. The highest BCUT2D eigenvalue weighted by Gasteiger charge is 2.26. The smallest absolute Gasteiger partial charge is 0.288 e. The second kappa shape index (κ2) is 11.8. The molecule has 1 aliphatic carbocycles. The molecule has 180 valence electrons. The first kappa shape index (κ1) is 24.7. The molecule has 1 N–H and O–H groups in total. The average molecular weight is 494 g/mol. The number of nitriles is 1. The van der Waals surface area contributed by atoms with E-state index in [9.17, 15) is 18.8 Å². The minimum Gasteiger partial charge on any atom is -0.378 e. The molecule has 0 atom stereocenters. The standard InChI is InChI=1S/C27H25F2N3O2S/c28-27(29)35-24-10-8-23(9-11-24)31-26(33)22(18-30)17-21-7-6-20(16-19-4-2-1-3-5-19)25(21)32-12-14-34-15-13-32/h1-5,8-11,16-17,27H,6-7,12-15H2,(H,31,33). The molecule has 8 heteroatoms. The lowest BCUT2D eigenvalue weighted by Gasteiger charge is -2.31. The lowest BCUT2D eigenvalue weighted by Crippen LogP contribution is -2.36. The summed E-state index contributed by atoms with van der Waals surface area (Å²) in [6.45, 7) is 2.75. The van der Waals surface area contributed by atoms with Gasteiger partial charge in [0.2, 0.25) is 0 Å². The first-order valence-electron chi connectivity index (χ1n) is 11.3. The van der Waals surface area contributed by atoms with Gasteiger partial charge in [-0.05, 0) is 66.0 Å². The number of ether oxygens (including phenoxy) is 1. The van der Waals surface area contributed by atoms with Crippen LogP contribution >= 0.6 is 11.8 Å². The van der Waals surface area contributed by atoms with Crippen LogP contribution in [-0.2, 0) is 9.53 Å². The van der Waals surface area contributed by atoms with Crippen LogP contribution in [0.5, 0.6) is 0 Å². The van der Waals surface area contributed by atoms with Crippen LogP contribution in [-0.4, -0.2) is 42.9 Å². The highest BCUT2D eigenvalue weighted by Crippen LogP contribution is 2.37. The molecule has 2 aliphatic rings. The van der Waals surface area contributed by atoms with E-state index in [2.05, 4.69) is 28.4 Å². The Balaban J connectivity index is 1.60. The molecule has 0 aromatic heterocycles. The molecule has 0 radical (unpaired) electrons. The number of morpholine rings is 1. The van der Waals surface area contributed by atoms with Gasteiger partial charge in [-0.25, -0.2) is 0 Å². The Morgan fingerprint density at radius 3 is 2.46 bits per heavy atom. The van der Waals surface area contributed by atoms with Gasteiger partial charge in [0.05, 0.1) is 13.2 Å². The van der Waals surface area contributed by atoms with Crippen molar-refractivity contribution in [1.29, 1.82) is 5.26 Å². The lowest BCUT2D eigenvalue weighted by molar-refractivity contribution is -0.112. The number of thioether (sulfide) groups is 1. The maximum absolute atomic E-state index is 12.9. The van der Waals surface area contributed by atoms with Gasteiger partial charge in [0, 0.05) is 29.4 Å². The Kier molecular flexibility index (Phi) is 8.35. The van der Waals surface area contributed by atoms with E-state index in [4.69, 9.17) is 4.74 Å². The molecular formula is C27H25F2N3O2S. The number of nitrogens with zero attached hydrogens (tertiary/aromatic N) is 2. The third kappa shape index (κ3) is 6.59. The summed E-state index contributed by atoms with van der Waals surface area (Å²) in [7, 11) is 0. The van der Waals surface area contributed by atoms with Gasteiger partial charge >= 0.3 is 0 Å². The second-order valence-electron chi connectivity index (χ2n) is 8.08. The van der Waals surface area contributed by atoms with Crippen LogP contribution < -0.4 is 5.32 Å².